The summed E-state index contributed by atoms with van der Waals surface area (Å²) in [6, 6.07) is 4.35. The molecule has 1 N–H and O–H groups in total. The van der Waals surface area contributed by atoms with Crippen molar-refractivity contribution < 1.29 is 18.7 Å². The Morgan fingerprint density at radius 1 is 1.21 bits per heavy atom. The fourth-order valence-electron chi connectivity index (χ4n) is 5.97. The van der Waals surface area contributed by atoms with Crippen LogP contribution in [0.5, 0.6) is 5.75 Å². The molecule has 2 aliphatic rings. The van der Waals surface area contributed by atoms with E-state index in [0.717, 1.165) is 11.0 Å². The quantitative estimate of drug-likeness (QED) is 0.404. The average molecular weight is 609 g/mol. The molecular formula is C31H34F2N6O3S. The lowest BCUT2D eigenvalue weighted by Gasteiger charge is -2.41. The van der Waals surface area contributed by atoms with Gasteiger partial charge in [0.2, 0.25) is 5.91 Å². The number of aromatic nitrogens is 3. The number of rotatable bonds is 6. The molecule has 1 aromatic carbocycles. The minimum atomic E-state index is -0.880. The number of halogens is 2. The van der Waals surface area contributed by atoms with Crippen molar-refractivity contribution in [2.45, 2.75) is 32.9 Å². The highest BCUT2D eigenvalue weighted by Gasteiger charge is 2.34. The van der Waals surface area contributed by atoms with Crippen molar-refractivity contribution in [1.82, 2.24) is 24.3 Å². The fourth-order valence-corrected chi connectivity index (χ4v) is 6.59. The molecule has 0 radical (unpaired) electrons. The number of thioether (sulfide) groups is 1. The van der Waals surface area contributed by atoms with Crippen LogP contribution in [0.3, 0.4) is 0 Å². The van der Waals surface area contributed by atoms with Crippen LogP contribution in [-0.2, 0) is 4.79 Å². The van der Waals surface area contributed by atoms with Crippen LogP contribution in [0, 0.1) is 17.6 Å². The lowest BCUT2D eigenvalue weighted by molar-refractivity contribution is -0.126. The number of phenolic OH excluding ortho intramolecular Hbond substituents is 1. The highest BCUT2D eigenvalue weighted by molar-refractivity contribution is 8.02. The van der Waals surface area contributed by atoms with E-state index >= 15 is 8.78 Å². The van der Waals surface area contributed by atoms with Crippen molar-refractivity contribution in [2.24, 2.45) is 5.92 Å². The van der Waals surface area contributed by atoms with Gasteiger partial charge >= 0.3 is 5.69 Å². The average Bonchev–Trinajstić information content (AvgIpc) is 2.96. The van der Waals surface area contributed by atoms with E-state index in [1.807, 2.05) is 56.2 Å². The summed E-state index contributed by atoms with van der Waals surface area (Å²) in [5.74, 6) is -2.14. The molecule has 2 aromatic heterocycles. The Balaban J connectivity index is 1.84. The third-order valence-corrected chi connectivity index (χ3v) is 8.73. The Bertz CT molecular complexity index is 1720. The molecule has 1 unspecified atom stereocenters. The molecule has 4 heterocycles. The molecule has 0 aliphatic carbocycles. The molecule has 2 atom stereocenters. The largest absolute Gasteiger partial charge is 0.507 e. The Morgan fingerprint density at radius 3 is 2.58 bits per heavy atom. The molecular weight excluding hydrogens is 574 g/mol. The van der Waals surface area contributed by atoms with Gasteiger partial charge in [0.25, 0.3) is 0 Å². The zero-order valence-electron chi connectivity index (χ0n) is 24.7. The van der Waals surface area contributed by atoms with E-state index < -0.39 is 34.3 Å². The standard InChI is InChI=1S/C31H34F2N6O3S/c1-7-24(41)37-13-14-38(18(4)16-37)29-19-15-21(33)26(25-20(32)9-8-10-22(25)40)34-30(19)39(31(42)35-29)28-23(43-6)11-12-36(5)27(28)17(2)3/h7-12,15,17-18,27,40H,1,13-14,16H2,2-6H3/t18-,27?/m0/s1. The minimum absolute atomic E-state index is 0.0553. The van der Waals surface area contributed by atoms with E-state index in [9.17, 15) is 14.7 Å². The normalized spacial score (nSPS) is 19.1. The van der Waals surface area contributed by atoms with E-state index in [0.29, 0.717) is 25.3 Å². The van der Waals surface area contributed by atoms with E-state index in [1.54, 1.807) is 4.90 Å². The van der Waals surface area contributed by atoms with Crippen LogP contribution in [-0.4, -0.2) is 80.4 Å². The predicted octanol–water partition coefficient (Wildman–Crippen LogP) is 4.68. The maximum atomic E-state index is 15.9. The molecule has 9 nitrogen and oxygen atoms in total. The summed E-state index contributed by atoms with van der Waals surface area (Å²) in [7, 11) is 1.91. The second-order valence-electron chi connectivity index (χ2n) is 11.0. The maximum Gasteiger partial charge on any atom is 0.355 e. The summed E-state index contributed by atoms with van der Waals surface area (Å²) >= 11 is 1.46. The monoisotopic (exact) mass is 608 g/mol. The topological polar surface area (TPSA) is 94.8 Å². The van der Waals surface area contributed by atoms with Crippen molar-refractivity contribution in [3.63, 3.8) is 0 Å². The molecule has 0 saturated carbocycles. The lowest BCUT2D eigenvalue weighted by Crippen LogP contribution is -2.54. The van der Waals surface area contributed by atoms with E-state index in [4.69, 9.17) is 0 Å². The van der Waals surface area contributed by atoms with Crippen LogP contribution in [0.4, 0.5) is 14.6 Å². The first kappa shape index (κ1) is 30.3. The van der Waals surface area contributed by atoms with Crippen LogP contribution in [0.25, 0.3) is 28.0 Å². The van der Waals surface area contributed by atoms with Crippen LogP contribution in [0.15, 0.2) is 58.9 Å². The minimum Gasteiger partial charge on any atom is -0.507 e. The predicted molar refractivity (Wildman–Crippen MR) is 167 cm³/mol. The SMILES string of the molecule is C=CC(=O)N1CCN(c2nc(=O)n(C3=C(SC)C=CN(C)C3C(C)C)c3nc(-c4c(O)cccc4F)c(F)cc23)[C@@H](C)C1. The van der Waals surface area contributed by atoms with E-state index in [2.05, 4.69) is 16.5 Å². The van der Waals surface area contributed by atoms with Crippen LogP contribution in [0.1, 0.15) is 20.8 Å². The Hall–Kier alpha value is -4.19. The molecule has 43 heavy (non-hydrogen) atoms. The van der Waals surface area contributed by atoms with Crippen molar-refractivity contribution in [3.05, 3.63) is 76.2 Å². The van der Waals surface area contributed by atoms with Gasteiger partial charge in [0.15, 0.2) is 11.5 Å². The van der Waals surface area contributed by atoms with Gasteiger partial charge in [0, 0.05) is 43.8 Å². The summed E-state index contributed by atoms with van der Waals surface area (Å²) in [4.78, 5) is 41.8. The number of allylic oxidation sites excluding steroid dienone is 1. The van der Waals surface area contributed by atoms with Gasteiger partial charge in [-0.1, -0.05) is 26.5 Å². The number of hydrogen-bond acceptors (Lipinski definition) is 8. The second kappa shape index (κ2) is 11.8. The zero-order chi connectivity index (χ0) is 31.2. The molecule has 226 valence electrons. The number of pyridine rings is 1. The van der Waals surface area contributed by atoms with E-state index in [-0.39, 0.29) is 40.8 Å². The third-order valence-electron chi connectivity index (χ3n) is 7.94. The molecule has 2 aliphatic heterocycles. The second-order valence-corrected chi connectivity index (χ2v) is 11.9. The first-order valence-electron chi connectivity index (χ1n) is 14.0. The number of carbonyl (C=O) groups excluding carboxylic acids is 1. The highest BCUT2D eigenvalue weighted by Crippen LogP contribution is 2.39. The van der Waals surface area contributed by atoms with Gasteiger partial charge < -0.3 is 19.8 Å². The van der Waals surface area contributed by atoms with Gasteiger partial charge in [-0.3, -0.25) is 4.79 Å². The van der Waals surface area contributed by atoms with Crippen molar-refractivity contribution in [3.8, 4) is 17.0 Å². The number of piperazine rings is 1. The number of anilines is 1. The zero-order valence-corrected chi connectivity index (χ0v) is 25.5. The molecule has 12 heteroatoms. The number of hydrogen-bond donors (Lipinski definition) is 1. The smallest absolute Gasteiger partial charge is 0.355 e. The van der Waals surface area contributed by atoms with Crippen LogP contribution in [0.2, 0.25) is 0 Å². The van der Waals surface area contributed by atoms with Crippen LogP contribution >= 0.6 is 11.8 Å². The number of amides is 1. The summed E-state index contributed by atoms with van der Waals surface area (Å²) in [6.45, 7) is 10.6. The molecule has 1 fully saturated rings. The summed E-state index contributed by atoms with van der Waals surface area (Å²) in [5, 5.41) is 10.8. The van der Waals surface area contributed by atoms with Crippen LogP contribution < -0.4 is 10.6 Å². The number of fused-ring (bicyclic) bond motifs is 1. The fraction of sp³-hybridized carbons (Fsp3) is 0.355. The van der Waals surface area contributed by atoms with Gasteiger partial charge in [-0.05, 0) is 49.4 Å². The molecule has 5 rings (SSSR count). The molecule has 3 aromatic rings. The van der Waals surface area contributed by atoms with Gasteiger partial charge in [-0.2, -0.15) is 4.98 Å². The number of carbonyl (C=O) groups is 1. The Labute approximate surface area is 252 Å². The Morgan fingerprint density at radius 2 is 1.95 bits per heavy atom. The summed E-state index contributed by atoms with van der Waals surface area (Å²) in [5.41, 5.74) is -0.738. The van der Waals surface area contributed by atoms with Gasteiger partial charge in [0.05, 0.1) is 22.7 Å². The highest BCUT2D eigenvalue weighted by atomic mass is 32.2. The van der Waals surface area contributed by atoms with Gasteiger partial charge in [0.1, 0.15) is 23.1 Å². The number of likely N-dealkylation sites (N-methyl/N-ethyl adjacent to an activating group) is 1. The first-order valence-corrected chi connectivity index (χ1v) is 15.2. The van der Waals surface area contributed by atoms with Crippen molar-refractivity contribution in [1.29, 1.82) is 0 Å². The molecule has 1 saturated heterocycles. The number of phenols is 1. The van der Waals surface area contributed by atoms with Crippen molar-refractivity contribution in [2.75, 3.05) is 37.8 Å². The van der Waals surface area contributed by atoms with Gasteiger partial charge in [-0.25, -0.2) is 23.1 Å². The lowest BCUT2D eigenvalue weighted by atomic mass is 9.97. The third kappa shape index (κ3) is 5.28. The summed E-state index contributed by atoms with van der Waals surface area (Å²) < 4.78 is 32.3. The maximum absolute atomic E-state index is 15.9. The van der Waals surface area contributed by atoms with E-state index in [1.165, 1.54) is 40.6 Å². The van der Waals surface area contributed by atoms with Gasteiger partial charge in [-0.15, -0.1) is 11.8 Å². The number of aromatic hydroxyl groups is 1. The number of nitrogens with zero attached hydrogens (tertiary/aromatic N) is 6. The number of benzene rings is 1. The Kier molecular flexibility index (Phi) is 8.33. The molecule has 0 bridgehead atoms. The molecule has 0 spiro atoms. The summed E-state index contributed by atoms with van der Waals surface area (Å²) in [6.07, 6.45) is 7.00. The van der Waals surface area contributed by atoms with Crippen molar-refractivity contribution >= 4 is 40.2 Å². The first-order chi connectivity index (χ1) is 20.5. The molecule has 1 amide bonds.